The number of hydrogen-bond acceptors (Lipinski definition) is 2. The van der Waals surface area contributed by atoms with E-state index in [9.17, 15) is 22.0 Å². The van der Waals surface area contributed by atoms with Crippen molar-refractivity contribution >= 4 is 0 Å². The van der Waals surface area contributed by atoms with Gasteiger partial charge in [-0.15, -0.1) is 0 Å². The van der Waals surface area contributed by atoms with E-state index in [1.807, 2.05) is 0 Å². The van der Waals surface area contributed by atoms with Gasteiger partial charge in [0.2, 0.25) is 0 Å². The topological polar surface area (TPSA) is 29.5 Å². The van der Waals surface area contributed by atoms with E-state index in [1.54, 1.807) is 0 Å². The Hall–Kier alpha value is -0.430. The van der Waals surface area contributed by atoms with Crippen molar-refractivity contribution in [1.82, 2.24) is 0 Å². The van der Waals surface area contributed by atoms with Crippen molar-refractivity contribution in [1.29, 1.82) is 0 Å². The Bertz CT molecular complexity index is 124. The van der Waals surface area contributed by atoms with Gasteiger partial charge in [-0.2, -0.15) is 17.6 Å². The standard InChI is InChI=1S/C4H5F5O2/c5-2-11-3(6,1-10)4(7,8)9/h10H,1-2H2. The highest BCUT2D eigenvalue weighted by Crippen LogP contribution is 2.34. The van der Waals surface area contributed by atoms with E-state index < -0.39 is 25.5 Å². The molecule has 1 unspecified atom stereocenters. The van der Waals surface area contributed by atoms with Gasteiger partial charge in [0.1, 0.15) is 6.61 Å². The lowest BCUT2D eigenvalue weighted by molar-refractivity contribution is -0.350. The van der Waals surface area contributed by atoms with Crippen molar-refractivity contribution < 1.29 is 31.8 Å². The van der Waals surface area contributed by atoms with Crippen LogP contribution in [0.4, 0.5) is 22.0 Å². The Balaban J connectivity index is 4.33. The van der Waals surface area contributed by atoms with Crippen LogP contribution in [0.1, 0.15) is 0 Å². The van der Waals surface area contributed by atoms with Crippen LogP contribution < -0.4 is 0 Å². The molecule has 0 bridgehead atoms. The summed E-state index contributed by atoms with van der Waals surface area (Å²) in [6.07, 6.45) is -5.42. The van der Waals surface area contributed by atoms with Gasteiger partial charge < -0.3 is 9.84 Å². The molecule has 0 saturated heterocycles. The largest absolute Gasteiger partial charge is 0.450 e. The van der Waals surface area contributed by atoms with Crippen molar-refractivity contribution in [3.05, 3.63) is 0 Å². The Labute approximate surface area is 58.6 Å². The van der Waals surface area contributed by atoms with E-state index in [4.69, 9.17) is 5.11 Å². The van der Waals surface area contributed by atoms with Crippen molar-refractivity contribution in [2.75, 3.05) is 13.5 Å². The molecule has 11 heavy (non-hydrogen) atoms. The summed E-state index contributed by atoms with van der Waals surface area (Å²) in [6.45, 7) is -3.91. The quantitative estimate of drug-likeness (QED) is 0.660. The fourth-order valence-electron chi connectivity index (χ4n) is 0.304. The monoisotopic (exact) mass is 180 g/mol. The second-order valence-corrected chi connectivity index (χ2v) is 1.64. The molecule has 0 aliphatic rings. The highest BCUT2D eigenvalue weighted by Gasteiger charge is 2.57. The lowest BCUT2D eigenvalue weighted by Crippen LogP contribution is -2.46. The number of alkyl halides is 5. The number of hydrogen-bond donors (Lipinski definition) is 1. The Morgan fingerprint density at radius 1 is 1.18 bits per heavy atom. The van der Waals surface area contributed by atoms with E-state index in [0.717, 1.165) is 0 Å². The number of halogens is 5. The predicted molar refractivity (Wildman–Crippen MR) is 24.0 cm³/mol. The molecule has 0 rings (SSSR count). The van der Waals surface area contributed by atoms with Crippen molar-refractivity contribution in [2.24, 2.45) is 0 Å². The van der Waals surface area contributed by atoms with Gasteiger partial charge in [0.25, 0.3) is 0 Å². The maximum Gasteiger partial charge on any atom is 0.450 e. The lowest BCUT2D eigenvalue weighted by Gasteiger charge is -2.23. The average Bonchev–Trinajstić information content (AvgIpc) is 1.86. The number of aliphatic hydroxyl groups is 1. The van der Waals surface area contributed by atoms with Gasteiger partial charge >= 0.3 is 12.0 Å². The van der Waals surface area contributed by atoms with Crippen LogP contribution in [0.5, 0.6) is 0 Å². The molecular weight excluding hydrogens is 175 g/mol. The molecule has 0 saturated carbocycles. The fraction of sp³-hybridized carbons (Fsp3) is 1.00. The summed E-state index contributed by atoms with van der Waals surface area (Å²) in [5.74, 6) is -4.29. The van der Waals surface area contributed by atoms with Crippen molar-refractivity contribution in [2.45, 2.75) is 12.0 Å². The molecule has 0 amide bonds. The Morgan fingerprint density at radius 2 is 1.64 bits per heavy atom. The normalized spacial score (nSPS) is 18.0. The first-order chi connectivity index (χ1) is 4.87. The third-order valence-electron chi connectivity index (χ3n) is 0.910. The molecule has 0 aromatic rings. The summed E-state index contributed by atoms with van der Waals surface area (Å²) in [7, 11) is 0. The molecular formula is C4H5F5O2. The van der Waals surface area contributed by atoms with Gasteiger partial charge in [-0.25, -0.2) is 4.39 Å². The van der Waals surface area contributed by atoms with E-state index in [-0.39, 0.29) is 0 Å². The third kappa shape index (κ3) is 2.26. The molecule has 0 aromatic heterocycles. The van der Waals surface area contributed by atoms with E-state index in [0.29, 0.717) is 0 Å². The summed E-state index contributed by atoms with van der Waals surface area (Å²) in [6, 6.07) is 0. The van der Waals surface area contributed by atoms with Gasteiger partial charge in [0.15, 0.2) is 6.86 Å². The van der Waals surface area contributed by atoms with Crippen LogP contribution in [0.25, 0.3) is 0 Å². The molecule has 0 radical (unpaired) electrons. The van der Waals surface area contributed by atoms with Crippen LogP contribution in [0.2, 0.25) is 0 Å². The van der Waals surface area contributed by atoms with Crippen LogP contribution >= 0.6 is 0 Å². The molecule has 0 aromatic carbocycles. The zero-order chi connectivity index (χ0) is 9.12. The zero-order valence-corrected chi connectivity index (χ0v) is 5.16. The highest BCUT2D eigenvalue weighted by atomic mass is 19.4. The molecule has 0 aliphatic heterocycles. The minimum absolute atomic E-state index is 1.95. The van der Waals surface area contributed by atoms with Crippen LogP contribution in [-0.2, 0) is 4.74 Å². The molecule has 2 nitrogen and oxygen atoms in total. The molecule has 1 N–H and O–H groups in total. The summed E-state index contributed by atoms with van der Waals surface area (Å²) in [4.78, 5) is 0. The minimum Gasteiger partial charge on any atom is -0.390 e. The average molecular weight is 180 g/mol. The molecule has 0 spiro atoms. The number of aliphatic hydroxyl groups excluding tert-OH is 1. The first-order valence-electron chi connectivity index (χ1n) is 2.44. The Morgan fingerprint density at radius 3 is 1.73 bits per heavy atom. The summed E-state index contributed by atoms with van der Waals surface area (Å²) < 4.78 is 60.8. The van der Waals surface area contributed by atoms with Crippen molar-refractivity contribution in [3.63, 3.8) is 0 Å². The summed E-state index contributed by atoms with van der Waals surface area (Å²) in [5.41, 5.74) is 0. The van der Waals surface area contributed by atoms with Crippen LogP contribution in [-0.4, -0.2) is 30.6 Å². The molecule has 0 aliphatic carbocycles. The maximum atomic E-state index is 12.2. The van der Waals surface area contributed by atoms with E-state index in [1.165, 1.54) is 0 Å². The number of rotatable bonds is 3. The second-order valence-electron chi connectivity index (χ2n) is 1.64. The minimum atomic E-state index is -5.42. The fourth-order valence-corrected chi connectivity index (χ4v) is 0.304. The number of ether oxygens (including phenoxy) is 1. The van der Waals surface area contributed by atoms with Crippen LogP contribution in [0, 0.1) is 0 Å². The maximum absolute atomic E-state index is 12.2. The molecule has 0 heterocycles. The SMILES string of the molecule is OCC(F)(OCF)C(F)(F)F. The first-order valence-corrected chi connectivity index (χ1v) is 2.44. The van der Waals surface area contributed by atoms with Crippen LogP contribution in [0.3, 0.4) is 0 Å². The van der Waals surface area contributed by atoms with Crippen molar-refractivity contribution in [3.8, 4) is 0 Å². The van der Waals surface area contributed by atoms with E-state index >= 15 is 0 Å². The zero-order valence-electron chi connectivity index (χ0n) is 5.16. The van der Waals surface area contributed by atoms with Gasteiger partial charge in [0.05, 0.1) is 0 Å². The summed E-state index contributed by atoms with van der Waals surface area (Å²) >= 11 is 0. The van der Waals surface area contributed by atoms with Gasteiger partial charge in [-0.1, -0.05) is 0 Å². The van der Waals surface area contributed by atoms with E-state index in [2.05, 4.69) is 4.74 Å². The predicted octanol–water partition coefficient (Wildman–Crippen LogP) is 1.15. The molecule has 0 fully saturated rings. The van der Waals surface area contributed by atoms with Gasteiger partial charge in [-0.05, 0) is 0 Å². The smallest absolute Gasteiger partial charge is 0.390 e. The van der Waals surface area contributed by atoms with Crippen LogP contribution in [0.15, 0.2) is 0 Å². The summed E-state index contributed by atoms with van der Waals surface area (Å²) in [5, 5.41) is 7.87. The lowest BCUT2D eigenvalue weighted by atomic mass is 10.3. The first kappa shape index (κ1) is 10.6. The highest BCUT2D eigenvalue weighted by molar-refractivity contribution is 4.75. The van der Waals surface area contributed by atoms with Gasteiger partial charge in [0, 0.05) is 0 Å². The third-order valence-corrected chi connectivity index (χ3v) is 0.910. The second kappa shape index (κ2) is 3.31. The molecule has 68 valence electrons. The van der Waals surface area contributed by atoms with Gasteiger partial charge in [-0.3, -0.25) is 0 Å². The molecule has 7 heteroatoms. The molecule has 1 atom stereocenters. The Kier molecular flexibility index (Phi) is 3.18.